The number of benzene rings is 2. The van der Waals surface area contributed by atoms with E-state index in [2.05, 4.69) is 16.8 Å². The van der Waals surface area contributed by atoms with Gasteiger partial charge in [0.1, 0.15) is 5.69 Å². The van der Waals surface area contributed by atoms with E-state index in [0.29, 0.717) is 5.69 Å². The van der Waals surface area contributed by atoms with Crippen LogP contribution in [0.15, 0.2) is 85.1 Å². The Morgan fingerprint density at radius 1 is 0.727 bits per heavy atom. The largest absolute Gasteiger partial charge is 0.369 e. The summed E-state index contributed by atoms with van der Waals surface area (Å²) in [5, 5.41) is 11.2. The van der Waals surface area contributed by atoms with Crippen molar-refractivity contribution in [1.82, 2.24) is 4.98 Å². The fourth-order valence-electron chi connectivity index (χ4n) is 2.26. The molecule has 106 valence electrons. The minimum atomic E-state index is -1.36. The van der Waals surface area contributed by atoms with Crippen molar-refractivity contribution < 1.29 is 5.11 Å². The van der Waals surface area contributed by atoms with E-state index in [9.17, 15) is 5.11 Å². The summed E-state index contributed by atoms with van der Waals surface area (Å²) in [6.45, 7) is 0. The maximum Gasteiger partial charge on any atom is 0.177 e. The molecule has 2 aromatic carbocycles. The lowest BCUT2D eigenvalue weighted by atomic mass is 9.87. The van der Waals surface area contributed by atoms with Crippen LogP contribution in [0.2, 0.25) is 0 Å². The van der Waals surface area contributed by atoms with Crippen molar-refractivity contribution in [1.29, 1.82) is 0 Å². The first-order chi connectivity index (χ1) is 10.8. The predicted molar refractivity (Wildman–Crippen MR) is 87.0 cm³/mol. The number of hydrogen-bond donors (Lipinski definition) is 1. The number of aromatic nitrogens is 1. The quantitative estimate of drug-likeness (QED) is 0.732. The van der Waals surface area contributed by atoms with Crippen LogP contribution in [0, 0.1) is 11.8 Å². The lowest BCUT2D eigenvalue weighted by molar-refractivity contribution is 0.145. The van der Waals surface area contributed by atoms with Gasteiger partial charge in [0.05, 0.1) is 0 Å². The highest BCUT2D eigenvalue weighted by molar-refractivity contribution is 5.46. The first-order valence-electron chi connectivity index (χ1n) is 7.07. The van der Waals surface area contributed by atoms with E-state index < -0.39 is 5.60 Å². The molecule has 3 rings (SSSR count). The molecule has 0 saturated carbocycles. The van der Waals surface area contributed by atoms with Gasteiger partial charge in [0.15, 0.2) is 5.60 Å². The number of hydrogen-bond acceptors (Lipinski definition) is 2. The minimum Gasteiger partial charge on any atom is -0.369 e. The first-order valence-corrected chi connectivity index (χ1v) is 7.07. The van der Waals surface area contributed by atoms with Crippen molar-refractivity contribution in [2.45, 2.75) is 5.60 Å². The molecular formula is C20H15NO. The van der Waals surface area contributed by atoms with Gasteiger partial charge in [-0.25, -0.2) is 4.98 Å². The second-order valence-electron chi connectivity index (χ2n) is 4.91. The fourth-order valence-corrected chi connectivity index (χ4v) is 2.26. The molecule has 3 aromatic rings. The molecule has 0 amide bonds. The minimum absolute atomic E-state index is 0.632. The summed E-state index contributed by atoms with van der Waals surface area (Å²) in [4.78, 5) is 4.18. The molecule has 1 aromatic heterocycles. The van der Waals surface area contributed by atoms with Gasteiger partial charge >= 0.3 is 0 Å². The summed E-state index contributed by atoms with van der Waals surface area (Å²) in [6, 6.07) is 24.5. The van der Waals surface area contributed by atoms with E-state index in [1.807, 2.05) is 78.9 Å². The van der Waals surface area contributed by atoms with Gasteiger partial charge in [-0.15, -0.1) is 0 Å². The van der Waals surface area contributed by atoms with E-state index in [1.165, 1.54) is 0 Å². The van der Waals surface area contributed by atoms with Gasteiger partial charge < -0.3 is 5.11 Å². The van der Waals surface area contributed by atoms with Crippen LogP contribution in [0.5, 0.6) is 0 Å². The van der Waals surface area contributed by atoms with Crippen LogP contribution in [-0.4, -0.2) is 10.1 Å². The van der Waals surface area contributed by atoms with Gasteiger partial charge in [-0.2, -0.15) is 0 Å². The zero-order valence-corrected chi connectivity index (χ0v) is 12.0. The van der Waals surface area contributed by atoms with Gasteiger partial charge in [-0.05, 0) is 18.1 Å². The van der Waals surface area contributed by atoms with Crippen LogP contribution in [0.25, 0.3) is 0 Å². The smallest absolute Gasteiger partial charge is 0.177 e. The van der Waals surface area contributed by atoms with Crippen LogP contribution in [0.4, 0.5) is 0 Å². The average Bonchev–Trinajstić information content (AvgIpc) is 2.62. The van der Waals surface area contributed by atoms with Crippen LogP contribution >= 0.6 is 0 Å². The molecule has 0 fully saturated rings. The summed E-state index contributed by atoms with van der Waals surface area (Å²) in [7, 11) is 0. The number of rotatable bonds is 2. The molecule has 0 aliphatic carbocycles. The van der Waals surface area contributed by atoms with Crippen molar-refractivity contribution in [3.05, 3.63) is 102 Å². The van der Waals surface area contributed by atoms with E-state index in [-0.39, 0.29) is 0 Å². The summed E-state index contributed by atoms with van der Waals surface area (Å²) >= 11 is 0. The Balaban J connectivity index is 2.11. The van der Waals surface area contributed by atoms with Crippen molar-refractivity contribution in [3.63, 3.8) is 0 Å². The van der Waals surface area contributed by atoms with E-state index >= 15 is 0 Å². The fraction of sp³-hybridized carbons (Fsp3) is 0.0500. The van der Waals surface area contributed by atoms with E-state index in [4.69, 9.17) is 0 Å². The maximum atomic E-state index is 11.2. The van der Waals surface area contributed by atoms with Crippen molar-refractivity contribution in [2.75, 3.05) is 0 Å². The second-order valence-corrected chi connectivity index (χ2v) is 4.91. The third kappa shape index (κ3) is 2.90. The van der Waals surface area contributed by atoms with Crippen LogP contribution in [-0.2, 0) is 5.60 Å². The molecule has 2 heteroatoms. The maximum absolute atomic E-state index is 11.2. The Morgan fingerprint density at radius 2 is 1.27 bits per heavy atom. The predicted octanol–water partition coefficient (Wildman–Crippen LogP) is 3.37. The third-order valence-corrected chi connectivity index (χ3v) is 3.42. The van der Waals surface area contributed by atoms with Crippen molar-refractivity contribution >= 4 is 0 Å². The SMILES string of the molecule is OC(C#Cc1ccccn1)(c1ccccc1)c1ccccc1. The van der Waals surface area contributed by atoms with E-state index in [1.54, 1.807) is 6.20 Å². The zero-order valence-electron chi connectivity index (χ0n) is 12.0. The molecule has 0 spiro atoms. The Labute approximate surface area is 130 Å². The molecule has 1 N–H and O–H groups in total. The van der Waals surface area contributed by atoms with Crippen LogP contribution in [0.3, 0.4) is 0 Å². The highest BCUT2D eigenvalue weighted by Crippen LogP contribution is 2.28. The Hall–Kier alpha value is -2.89. The zero-order chi connectivity index (χ0) is 15.3. The lowest BCUT2D eigenvalue weighted by Crippen LogP contribution is -2.25. The summed E-state index contributed by atoms with van der Waals surface area (Å²) in [6.07, 6.45) is 1.69. The lowest BCUT2D eigenvalue weighted by Gasteiger charge is -2.23. The van der Waals surface area contributed by atoms with Gasteiger partial charge in [0, 0.05) is 17.3 Å². The molecule has 1 heterocycles. The molecule has 2 nitrogen and oxygen atoms in total. The Bertz CT molecular complexity index is 747. The van der Waals surface area contributed by atoms with Crippen molar-refractivity contribution in [3.8, 4) is 11.8 Å². The molecular weight excluding hydrogens is 270 g/mol. The Morgan fingerprint density at radius 3 is 1.77 bits per heavy atom. The molecule has 0 saturated heterocycles. The summed E-state index contributed by atoms with van der Waals surface area (Å²) in [5.41, 5.74) is 0.752. The first kappa shape index (κ1) is 14.1. The second kappa shape index (κ2) is 6.26. The molecule has 0 aliphatic heterocycles. The Kier molecular flexibility index (Phi) is 4.00. The molecule has 0 unspecified atom stereocenters. The molecule has 0 bridgehead atoms. The number of nitrogens with zero attached hydrogens (tertiary/aromatic N) is 1. The van der Waals surface area contributed by atoms with Crippen LogP contribution in [0.1, 0.15) is 16.8 Å². The highest BCUT2D eigenvalue weighted by atomic mass is 16.3. The van der Waals surface area contributed by atoms with Crippen molar-refractivity contribution in [2.24, 2.45) is 0 Å². The normalized spacial score (nSPS) is 10.6. The topological polar surface area (TPSA) is 33.1 Å². The molecule has 0 atom stereocenters. The van der Waals surface area contributed by atoms with Gasteiger partial charge in [0.25, 0.3) is 0 Å². The summed E-state index contributed by atoms with van der Waals surface area (Å²) in [5.74, 6) is 5.96. The average molecular weight is 285 g/mol. The highest BCUT2D eigenvalue weighted by Gasteiger charge is 2.29. The number of pyridine rings is 1. The van der Waals surface area contributed by atoms with Gasteiger partial charge in [-0.3, -0.25) is 0 Å². The van der Waals surface area contributed by atoms with Gasteiger partial charge in [0.2, 0.25) is 0 Å². The molecule has 0 aliphatic rings. The third-order valence-electron chi connectivity index (χ3n) is 3.42. The standard InChI is InChI=1S/C20H15NO/c22-20(17-9-3-1-4-10-17,18-11-5-2-6-12-18)15-14-19-13-7-8-16-21-19/h1-13,16,22H. The van der Waals surface area contributed by atoms with E-state index in [0.717, 1.165) is 11.1 Å². The molecule has 0 radical (unpaired) electrons. The summed E-state index contributed by atoms with van der Waals surface area (Å²) < 4.78 is 0. The molecule has 22 heavy (non-hydrogen) atoms. The van der Waals surface area contributed by atoms with Gasteiger partial charge in [-0.1, -0.05) is 72.7 Å². The van der Waals surface area contributed by atoms with Crippen LogP contribution < -0.4 is 0 Å². The number of aliphatic hydroxyl groups is 1. The monoisotopic (exact) mass is 285 g/mol.